The van der Waals surface area contributed by atoms with E-state index in [-0.39, 0.29) is 6.29 Å². The van der Waals surface area contributed by atoms with Gasteiger partial charge >= 0.3 is 10.4 Å². The number of hydrogen-bond donors (Lipinski definition) is 7. The molecule has 0 aromatic rings. The number of aldehydes is 1. The van der Waals surface area contributed by atoms with Crippen molar-refractivity contribution in [3.63, 3.8) is 0 Å². The molecule has 7 N–H and O–H groups in total. The average molecular weight is 278 g/mol. The molecule has 4 atom stereocenters. The number of aliphatic hydroxyl groups excluding tert-OH is 5. The van der Waals surface area contributed by atoms with Crippen molar-refractivity contribution in [2.45, 2.75) is 24.4 Å². The fourth-order valence-electron chi connectivity index (χ4n) is 0.618. The maximum absolute atomic E-state index is 9.90. The van der Waals surface area contributed by atoms with Gasteiger partial charge in [0.15, 0.2) is 6.29 Å². The van der Waals surface area contributed by atoms with Crippen molar-refractivity contribution in [1.29, 1.82) is 0 Å². The Morgan fingerprint density at radius 3 is 1.59 bits per heavy atom. The molecule has 0 spiro atoms. The van der Waals surface area contributed by atoms with E-state index in [1.807, 2.05) is 0 Å². The van der Waals surface area contributed by atoms with Crippen molar-refractivity contribution in [3.8, 4) is 0 Å². The fraction of sp³-hybridized carbons (Fsp3) is 0.833. The van der Waals surface area contributed by atoms with Gasteiger partial charge in [0, 0.05) is 0 Å². The monoisotopic (exact) mass is 278 g/mol. The number of carbonyl (C=O) groups excluding carboxylic acids is 1. The third-order valence-corrected chi connectivity index (χ3v) is 1.42. The Morgan fingerprint density at radius 2 is 1.35 bits per heavy atom. The van der Waals surface area contributed by atoms with Crippen LogP contribution in [0.4, 0.5) is 0 Å². The van der Waals surface area contributed by atoms with Crippen molar-refractivity contribution in [3.05, 3.63) is 0 Å². The first-order valence-electron chi connectivity index (χ1n) is 4.02. The highest BCUT2D eigenvalue weighted by molar-refractivity contribution is 7.79. The van der Waals surface area contributed by atoms with Gasteiger partial charge in [-0.2, -0.15) is 8.42 Å². The van der Waals surface area contributed by atoms with Gasteiger partial charge in [-0.1, -0.05) is 0 Å². The second-order valence-electron chi connectivity index (χ2n) is 2.81. The highest BCUT2D eigenvalue weighted by Gasteiger charge is 2.29. The standard InChI is InChI=1S/C6H12O6.H2O4S/c7-1-3(9)5(11)6(12)4(10)2-8;1-5(2,3)4/h1,3-6,8-12H,2H2;(H2,1,2,3,4)/t3-,4+,5+,6+;/m0./s1. The minimum absolute atomic E-state index is 0.0258. The second-order valence-corrected chi connectivity index (χ2v) is 3.70. The molecule has 104 valence electrons. The lowest BCUT2D eigenvalue weighted by Gasteiger charge is -2.22. The van der Waals surface area contributed by atoms with E-state index in [9.17, 15) is 4.79 Å². The Balaban J connectivity index is 0. The molecule has 0 rings (SSSR count). The smallest absolute Gasteiger partial charge is 0.394 e. The summed E-state index contributed by atoms with van der Waals surface area (Å²) in [5, 5.41) is 43.5. The first-order valence-corrected chi connectivity index (χ1v) is 5.42. The molecule has 0 heterocycles. The minimum atomic E-state index is -4.67. The van der Waals surface area contributed by atoms with Crippen LogP contribution in [0.25, 0.3) is 0 Å². The van der Waals surface area contributed by atoms with Crippen LogP contribution in [0.3, 0.4) is 0 Å². The van der Waals surface area contributed by atoms with E-state index in [0.717, 1.165) is 0 Å². The summed E-state index contributed by atoms with van der Waals surface area (Å²) in [6, 6.07) is 0. The van der Waals surface area contributed by atoms with Gasteiger partial charge < -0.3 is 30.3 Å². The molecule has 0 aliphatic carbocycles. The molecule has 0 fully saturated rings. The van der Waals surface area contributed by atoms with Crippen LogP contribution in [-0.2, 0) is 15.2 Å². The molecular weight excluding hydrogens is 264 g/mol. The molecule has 0 unspecified atom stereocenters. The molecule has 0 aromatic heterocycles. The lowest BCUT2D eigenvalue weighted by atomic mass is 10.0. The van der Waals surface area contributed by atoms with Crippen LogP contribution < -0.4 is 0 Å². The van der Waals surface area contributed by atoms with Crippen LogP contribution >= 0.6 is 0 Å². The highest BCUT2D eigenvalue weighted by atomic mass is 32.3. The molecule has 0 saturated heterocycles. The van der Waals surface area contributed by atoms with Crippen LogP contribution in [0.5, 0.6) is 0 Å². The number of carbonyl (C=O) groups is 1. The molecule has 10 nitrogen and oxygen atoms in total. The van der Waals surface area contributed by atoms with Crippen LogP contribution in [0.1, 0.15) is 0 Å². The first-order chi connectivity index (χ1) is 7.54. The van der Waals surface area contributed by atoms with E-state index in [2.05, 4.69) is 0 Å². The largest absolute Gasteiger partial charge is 0.394 e. The van der Waals surface area contributed by atoms with Crippen LogP contribution in [0.2, 0.25) is 0 Å². The summed E-state index contributed by atoms with van der Waals surface area (Å²) in [4.78, 5) is 9.90. The molecule has 0 bridgehead atoms. The van der Waals surface area contributed by atoms with E-state index >= 15 is 0 Å². The van der Waals surface area contributed by atoms with E-state index in [1.165, 1.54) is 0 Å². The normalized spacial score (nSPS) is 18.3. The molecular formula is C6H14O10S. The molecule has 0 radical (unpaired) electrons. The third-order valence-electron chi connectivity index (χ3n) is 1.42. The summed E-state index contributed by atoms with van der Waals surface area (Å²) >= 11 is 0. The lowest BCUT2D eigenvalue weighted by Crippen LogP contribution is -2.46. The summed E-state index contributed by atoms with van der Waals surface area (Å²) in [6.45, 7) is -0.760. The van der Waals surface area contributed by atoms with Crippen molar-refractivity contribution in [2.75, 3.05) is 6.61 Å². The molecule has 0 aliphatic rings. The number of aliphatic hydroxyl groups is 5. The maximum Gasteiger partial charge on any atom is 0.394 e. The first kappa shape index (κ1) is 18.7. The predicted molar refractivity (Wildman–Crippen MR) is 51.4 cm³/mol. The molecule has 0 amide bonds. The SMILES string of the molecule is O=C[C@H](O)[C@@H](O)[C@H](O)[C@H](O)CO.O=S(=O)(O)O. The van der Waals surface area contributed by atoms with Crippen LogP contribution in [0.15, 0.2) is 0 Å². The Morgan fingerprint density at radius 1 is 1.00 bits per heavy atom. The predicted octanol–water partition coefficient (Wildman–Crippen LogP) is -4.03. The van der Waals surface area contributed by atoms with Crippen LogP contribution in [0, 0.1) is 0 Å². The molecule has 0 saturated carbocycles. The van der Waals surface area contributed by atoms with Gasteiger partial charge in [-0.05, 0) is 0 Å². The van der Waals surface area contributed by atoms with E-state index < -0.39 is 41.4 Å². The fourth-order valence-corrected chi connectivity index (χ4v) is 0.618. The van der Waals surface area contributed by atoms with Gasteiger partial charge in [-0.25, -0.2) is 0 Å². The van der Waals surface area contributed by atoms with Gasteiger partial charge in [0.2, 0.25) is 0 Å². The second kappa shape index (κ2) is 8.43. The third kappa shape index (κ3) is 11.6. The highest BCUT2D eigenvalue weighted by Crippen LogP contribution is 2.02. The zero-order valence-electron chi connectivity index (χ0n) is 8.36. The van der Waals surface area contributed by atoms with Crippen molar-refractivity contribution in [2.24, 2.45) is 0 Å². The Labute approximate surface area is 96.3 Å². The van der Waals surface area contributed by atoms with Crippen LogP contribution in [-0.4, -0.2) is 80.4 Å². The van der Waals surface area contributed by atoms with Crippen molar-refractivity contribution < 1.29 is 47.9 Å². The molecule has 11 heteroatoms. The Hall–Kier alpha value is -0.660. The minimum Gasteiger partial charge on any atom is -0.394 e. The summed E-state index contributed by atoms with van der Waals surface area (Å²) in [6.07, 6.45) is -6.84. The number of hydrogen-bond acceptors (Lipinski definition) is 8. The Kier molecular flexibility index (Phi) is 9.28. The van der Waals surface area contributed by atoms with Crippen molar-refractivity contribution >= 4 is 16.7 Å². The van der Waals surface area contributed by atoms with E-state index in [4.69, 9.17) is 43.1 Å². The summed E-state index contributed by atoms with van der Waals surface area (Å²) in [7, 11) is -4.67. The van der Waals surface area contributed by atoms with E-state index in [0.29, 0.717) is 0 Å². The van der Waals surface area contributed by atoms with Gasteiger partial charge in [0.1, 0.15) is 24.4 Å². The summed E-state index contributed by atoms with van der Waals surface area (Å²) in [5.41, 5.74) is 0. The summed E-state index contributed by atoms with van der Waals surface area (Å²) < 4.78 is 31.6. The quantitative estimate of drug-likeness (QED) is 0.192. The zero-order valence-corrected chi connectivity index (χ0v) is 9.17. The Bertz CT molecular complexity index is 292. The van der Waals surface area contributed by atoms with Gasteiger partial charge in [0.05, 0.1) is 6.61 Å². The topological polar surface area (TPSA) is 193 Å². The maximum atomic E-state index is 9.90. The van der Waals surface area contributed by atoms with E-state index in [1.54, 1.807) is 0 Å². The number of rotatable bonds is 5. The molecule has 17 heavy (non-hydrogen) atoms. The van der Waals surface area contributed by atoms with Gasteiger partial charge in [-0.3, -0.25) is 9.11 Å². The van der Waals surface area contributed by atoms with Gasteiger partial charge in [0.25, 0.3) is 0 Å². The average Bonchev–Trinajstić information content (AvgIpc) is 2.22. The zero-order chi connectivity index (χ0) is 14.2. The lowest BCUT2D eigenvalue weighted by molar-refractivity contribution is -0.136. The van der Waals surface area contributed by atoms with Gasteiger partial charge in [-0.15, -0.1) is 0 Å². The summed E-state index contributed by atoms with van der Waals surface area (Å²) in [5.74, 6) is 0. The van der Waals surface area contributed by atoms with Crippen molar-refractivity contribution in [1.82, 2.24) is 0 Å². The molecule has 0 aromatic carbocycles. The molecule has 0 aliphatic heterocycles.